The molecule has 0 radical (unpaired) electrons. The van der Waals surface area contributed by atoms with Gasteiger partial charge in [-0.05, 0) is 62.2 Å². The van der Waals surface area contributed by atoms with Crippen molar-refractivity contribution in [3.63, 3.8) is 0 Å². The number of nitrogens with one attached hydrogen (secondary N) is 1. The molecule has 1 aromatic heterocycles. The van der Waals surface area contributed by atoms with Crippen molar-refractivity contribution in [1.82, 2.24) is 20.3 Å². The summed E-state index contributed by atoms with van der Waals surface area (Å²) in [7, 11) is 0. The van der Waals surface area contributed by atoms with E-state index in [0.29, 0.717) is 40.2 Å². The number of rotatable bonds is 8. The van der Waals surface area contributed by atoms with Crippen LogP contribution in [0.5, 0.6) is 11.5 Å². The summed E-state index contributed by atoms with van der Waals surface area (Å²) in [6.45, 7) is 5.65. The van der Waals surface area contributed by atoms with Crippen molar-refractivity contribution in [3.05, 3.63) is 78.1 Å². The van der Waals surface area contributed by atoms with Crippen LogP contribution in [0.3, 0.4) is 0 Å². The van der Waals surface area contributed by atoms with E-state index in [0.717, 1.165) is 0 Å². The molecule has 0 saturated heterocycles. The molecule has 0 unspecified atom stereocenters. The van der Waals surface area contributed by atoms with Gasteiger partial charge in [0.15, 0.2) is 11.5 Å². The van der Waals surface area contributed by atoms with E-state index in [1.54, 1.807) is 24.3 Å². The van der Waals surface area contributed by atoms with Gasteiger partial charge < -0.3 is 14.8 Å². The lowest BCUT2D eigenvalue weighted by atomic mass is 9.98. The number of hydrogen-bond acceptors (Lipinski definition) is 6. The van der Waals surface area contributed by atoms with Gasteiger partial charge >= 0.3 is 0 Å². The molecule has 0 spiro atoms. The fraction of sp³-hybridized carbons (Fsp3) is 0.286. The van der Waals surface area contributed by atoms with Gasteiger partial charge in [0, 0.05) is 17.3 Å². The second-order valence-electron chi connectivity index (χ2n) is 9.72. The first-order valence-corrected chi connectivity index (χ1v) is 12.3. The molecule has 5 rings (SSSR count). The second-order valence-corrected chi connectivity index (χ2v) is 9.72. The van der Waals surface area contributed by atoms with Gasteiger partial charge in [0.1, 0.15) is 23.9 Å². The molecule has 0 bridgehead atoms. The minimum absolute atomic E-state index is 0.0598. The second kappa shape index (κ2) is 10.1. The molecule has 9 nitrogen and oxygen atoms in total. The zero-order chi connectivity index (χ0) is 26.9. The van der Waals surface area contributed by atoms with Crippen LogP contribution in [0.4, 0.5) is 10.1 Å². The highest BCUT2D eigenvalue weighted by atomic mass is 19.1. The van der Waals surface area contributed by atoms with Crippen molar-refractivity contribution >= 4 is 28.5 Å². The Morgan fingerprint density at radius 1 is 1.08 bits per heavy atom. The monoisotopic (exact) mass is 517 g/mol. The van der Waals surface area contributed by atoms with E-state index in [1.165, 1.54) is 33.8 Å². The Kier molecular flexibility index (Phi) is 6.71. The van der Waals surface area contributed by atoms with Crippen molar-refractivity contribution in [2.45, 2.75) is 45.3 Å². The van der Waals surface area contributed by atoms with Gasteiger partial charge in [-0.25, -0.2) is 9.07 Å². The first-order chi connectivity index (χ1) is 18.3. The van der Waals surface area contributed by atoms with Crippen LogP contribution in [0.15, 0.2) is 66.7 Å². The number of benzene rings is 3. The van der Waals surface area contributed by atoms with Crippen molar-refractivity contribution in [2.24, 2.45) is 0 Å². The number of aromatic nitrogens is 3. The highest BCUT2D eigenvalue weighted by molar-refractivity contribution is 6.02. The molecule has 2 amide bonds. The summed E-state index contributed by atoms with van der Waals surface area (Å²) in [4.78, 5) is 29.4. The smallest absolute Gasteiger partial charge is 0.249 e. The van der Waals surface area contributed by atoms with Gasteiger partial charge in [0.25, 0.3) is 0 Å². The molecule has 3 aromatic carbocycles. The molecule has 1 aliphatic heterocycles. The summed E-state index contributed by atoms with van der Waals surface area (Å²) in [5, 5.41) is 11.3. The Morgan fingerprint density at radius 2 is 1.82 bits per heavy atom. The Morgan fingerprint density at radius 3 is 2.58 bits per heavy atom. The number of halogens is 1. The summed E-state index contributed by atoms with van der Waals surface area (Å²) < 4.78 is 26.4. The Bertz CT molecular complexity index is 1480. The van der Waals surface area contributed by atoms with Crippen LogP contribution in [-0.2, 0) is 16.1 Å². The largest absolute Gasteiger partial charge is 0.454 e. The lowest BCUT2D eigenvalue weighted by Gasteiger charge is -2.34. The lowest BCUT2D eigenvalue weighted by molar-refractivity contribution is -0.128. The van der Waals surface area contributed by atoms with Crippen molar-refractivity contribution in [3.8, 4) is 11.5 Å². The maximum absolute atomic E-state index is 14.1. The van der Waals surface area contributed by atoms with Crippen LogP contribution in [-0.4, -0.2) is 39.1 Å². The predicted octanol–water partition coefficient (Wildman–Crippen LogP) is 4.38. The number of hydrogen-bond donors (Lipinski definition) is 1. The van der Waals surface area contributed by atoms with Crippen LogP contribution in [0, 0.1) is 5.82 Å². The molecule has 0 fully saturated rings. The quantitative estimate of drug-likeness (QED) is 0.373. The summed E-state index contributed by atoms with van der Waals surface area (Å²) >= 11 is 0. The van der Waals surface area contributed by atoms with E-state index in [9.17, 15) is 14.0 Å². The van der Waals surface area contributed by atoms with Crippen molar-refractivity contribution < 1.29 is 23.5 Å². The topological polar surface area (TPSA) is 98.6 Å². The van der Waals surface area contributed by atoms with E-state index in [4.69, 9.17) is 9.47 Å². The predicted molar refractivity (Wildman–Crippen MR) is 139 cm³/mol. The molecule has 0 saturated carbocycles. The third-order valence-corrected chi connectivity index (χ3v) is 6.65. The average Bonchev–Trinajstić information content (AvgIpc) is 3.54. The summed E-state index contributed by atoms with van der Waals surface area (Å²) in [5.41, 5.74) is 1.66. The zero-order valence-corrected chi connectivity index (χ0v) is 21.3. The maximum atomic E-state index is 14.1. The van der Waals surface area contributed by atoms with E-state index in [1.807, 2.05) is 39.0 Å². The number of carbonyl (C=O) groups excluding carboxylic acids is 2. The van der Waals surface area contributed by atoms with Crippen LogP contribution in [0.1, 0.15) is 38.8 Å². The first-order valence-electron chi connectivity index (χ1n) is 12.3. The Hall–Kier alpha value is -4.47. The number of amides is 2. The Balaban J connectivity index is 1.61. The summed E-state index contributed by atoms with van der Waals surface area (Å²) in [6.07, 6.45) is 0.664. The number of carbonyl (C=O) groups is 2. The van der Waals surface area contributed by atoms with E-state index < -0.39 is 29.2 Å². The van der Waals surface area contributed by atoms with Crippen LogP contribution < -0.4 is 19.7 Å². The van der Waals surface area contributed by atoms with E-state index >= 15 is 0 Å². The van der Waals surface area contributed by atoms with Gasteiger partial charge in [-0.2, -0.15) is 0 Å². The molecule has 1 N–H and O–H groups in total. The molecule has 1 atom stereocenters. The lowest BCUT2D eigenvalue weighted by Crippen LogP contribution is -2.51. The fourth-order valence-electron chi connectivity index (χ4n) is 4.26. The zero-order valence-electron chi connectivity index (χ0n) is 21.3. The van der Waals surface area contributed by atoms with Gasteiger partial charge in [-0.1, -0.05) is 36.4 Å². The highest BCUT2D eigenvalue weighted by Crippen LogP contribution is 2.38. The van der Waals surface area contributed by atoms with Crippen molar-refractivity contribution in [1.29, 1.82) is 0 Å². The van der Waals surface area contributed by atoms with Gasteiger partial charge in [-0.3, -0.25) is 14.5 Å². The number of nitrogens with zero attached hydrogens (tertiary/aromatic N) is 4. The molecule has 38 heavy (non-hydrogen) atoms. The Labute approximate surface area is 219 Å². The third kappa shape index (κ3) is 5.02. The maximum Gasteiger partial charge on any atom is 0.249 e. The van der Waals surface area contributed by atoms with E-state index in [2.05, 4.69) is 15.6 Å². The number of anilines is 1. The minimum atomic E-state index is -1.11. The fourth-order valence-corrected chi connectivity index (χ4v) is 4.26. The minimum Gasteiger partial charge on any atom is -0.454 e. The van der Waals surface area contributed by atoms with Crippen LogP contribution >= 0.6 is 0 Å². The van der Waals surface area contributed by atoms with Crippen molar-refractivity contribution in [2.75, 3.05) is 11.7 Å². The van der Waals surface area contributed by atoms with E-state index in [-0.39, 0.29) is 13.3 Å². The molecule has 10 heteroatoms. The van der Waals surface area contributed by atoms with Crippen LogP contribution in [0.25, 0.3) is 11.0 Å². The molecular weight excluding hydrogens is 489 g/mol. The molecule has 2 heterocycles. The number of fused-ring (bicyclic) bond motifs is 2. The van der Waals surface area contributed by atoms with Gasteiger partial charge in [0.05, 0.1) is 5.52 Å². The molecule has 196 valence electrons. The first kappa shape index (κ1) is 25.2. The summed E-state index contributed by atoms with van der Waals surface area (Å²) in [5.74, 6) is -0.273. The molecule has 4 aromatic rings. The van der Waals surface area contributed by atoms with Gasteiger partial charge in [-0.15, -0.1) is 5.10 Å². The molecule has 1 aliphatic rings. The average molecular weight is 518 g/mol. The normalized spacial score (nSPS) is 13.4. The molecular formula is C28H28FN5O4. The van der Waals surface area contributed by atoms with Gasteiger partial charge in [0.2, 0.25) is 18.6 Å². The standard InChI is InChI=1S/C28H28FN5O4/c1-4-28(2,3)30-27(36)26(18-9-11-19(29)12-10-18)34(20-13-14-23-24(15-20)38-17-37-23)25(35)16-33-22-8-6-5-7-21(22)31-32-33/h5-15,26H,4,16-17H2,1-3H3,(H,30,36)/t26-/m1/s1. The summed E-state index contributed by atoms with van der Waals surface area (Å²) in [6, 6.07) is 16.8. The van der Waals surface area contributed by atoms with Crippen LogP contribution in [0.2, 0.25) is 0 Å². The SMILES string of the molecule is CCC(C)(C)NC(=O)[C@@H](c1ccc(F)cc1)N(C(=O)Cn1nnc2ccccc21)c1ccc2c(c1)OCO2. The number of ether oxygens (including phenoxy) is 2. The highest BCUT2D eigenvalue weighted by Gasteiger charge is 2.36. The molecule has 0 aliphatic carbocycles. The number of para-hydroxylation sites is 1. The third-order valence-electron chi connectivity index (χ3n) is 6.65.